The highest BCUT2D eigenvalue weighted by molar-refractivity contribution is 7.09. The third-order valence-electron chi connectivity index (χ3n) is 2.51. The van der Waals surface area contributed by atoms with Gasteiger partial charge in [0.05, 0.1) is 6.10 Å². The van der Waals surface area contributed by atoms with E-state index in [0.717, 1.165) is 18.0 Å². The topological polar surface area (TPSA) is 34.2 Å². The molecule has 1 fully saturated rings. The van der Waals surface area contributed by atoms with Gasteiger partial charge < -0.3 is 10.1 Å². The first kappa shape index (κ1) is 10.1. The number of thiazole rings is 1. The molecular weight excluding hydrogens is 196 g/mol. The van der Waals surface area contributed by atoms with Crippen molar-refractivity contribution in [1.82, 2.24) is 10.3 Å². The Morgan fingerprint density at radius 3 is 3.29 bits per heavy atom. The van der Waals surface area contributed by atoms with E-state index in [-0.39, 0.29) is 6.10 Å². The smallest absolute Gasteiger partial charge is 0.121 e. The largest absolute Gasteiger partial charge is 0.366 e. The summed E-state index contributed by atoms with van der Waals surface area (Å²) >= 11 is 1.69. The zero-order chi connectivity index (χ0) is 9.80. The van der Waals surface area contributed by atoms with Crippen LogP contribution in [0.15, 0.2) is 11.6 Å². The van der Waals surface area contributed by atoms with Crippen LogP contribution in [0.1, 0.15) is 30.4 Å². The lowest BCUT2D eigenvalue weighted by Crippen LogP contribution is -2.31. The van der Waals surface area contributed by atoms with Gasteiger partial charge in [-0.1, -0.05) is 0 Å². The van der Waals surface area contributed by atoms with Gasteiger partial charge in [-0.2, -0.15) is 0 Å². The molecule has 1 aliphatic rings. The lowest BCUT2D eigenvalue weighted by Gasteiger charge is -2.28. The molecule has 78 valence electrons. The van der Waals surface area contributed by atoms with Crippen LogP contribution in [0, 0.1) is 0 Å². The second-order valence-electron chi connectivity index (χ2n) is 3.61. The quantitative estimate of drug-likeness (QED) is 0.832. The minimum atomic E-state index is 0.238. The molecule has 2 unspecified atom stereocenters. The van der Waals surface area contributed by atoms with E-state index in [1.165, 1.54) is 12.8 Å². The number of ether oxygens (including phenoxy) is 1. The van der Waals surface area contributed by atoms with Crippen molar-refractivity contribution in [3.8, 4) is 0 Å². The molecule has 0 radical (unpaired) electrons. The van der Waals surface area contributed by atoms with Gasteiger partial charge in [0.1, 0.15) is 11.1 Å². The molecule has 0 amide bonds. The summed E-state index contributed by atoms with van der Waals surface area (Å²) in [4.78, 5) is 4.31. The van der Waals surface area contributed by atoms with Gasteiger partial charge in [0.25, 0.3) is 0 Å². The average Bonchev–Trinajstić information content (AvgIpc) is 2.71. The fourth-order valence-electron chi connectivity index (χ4n) is 1.85. The number of nitrogens with zero attached hydrogens (tertiary/aromatic N) is 1. The van der Waals surface area contributed by atoms with Gasteiger partial charge in [-0.25, -0.2) is 4.98 Å². The molecule has 2 atom stereocenters. The predicted octanol–water partition coefficient (Wildman–Crippen LogP) is 1.97. The maximum absolute atomic E-state index is 5.96. The summed E-state index contributed by atoms with van der Waals surface area (Å²) < 4.78 is 5.96. The number of rotatable bonds is 3. The summed E-state index contributed by atoms with van der Waals surface area (Å²) in [6.07, 6.45) is 5.99. The lowest BCUT2D eigenvalue weighted by atomic mass is 10.0. The Balaban J connectivity index is 1.94. The summed E-state index contributed by atoms with van der Waals surface area (Å²) in [5.74, 6) is 0. The molecular formula is C10H16N2OS. The SMILES string of the molecule is CNCC1CCCC(c2nccs2)O1. The molecule has 2 rings (SSSR count). The van der Waals surface area contributed by atoms with Gasteiger partial charge in [-0.3, -0.25) is 0 Å². The molecule has 0 aromatic carbocycles. The van der Waals surface area contributed by atoms with Crippen molar-refractivity contribution in [2.45, 2.75) is 31.5 Å². The van der Waals surface area contributed by atoms with Gasteiger partial charge in [0, 0.05) is 18.1 Å². The molecule has 1 aromatic heterocycles. The van der Waals surface area contributed by atoms with Crippen LogP contribution in [0.5, 0.6) is 0 Å². The molecule has 2 heterocycles. The Hall–Kier alpha value is -0.450. The number of likely N-dealkylation sites (N-methyl/N-ethyl adjacent to an activating group) is 1. The van der Waals surface area contributed by atoms with E-state index in [1.807, 2.05) is 18.6 Å². The van der Waals surface area contributed by atoms with E-state index < -0.39 is 0 Å². The van der Waals surface area contributed by atoms with E-state index in [2.05, 4.69) is 10.3 Å². The third-order valence-corrected chi connectivity index (χ3v) is 3.38. The van der Waals surface area contributed by atoms with E-state index in [1.54, 1.807) is 11.3 Å². The van der Waals surface area contributed by atoms with Crippen molar-refractivity contribution < 1.29 is 4.74 Å². The minimum absolute atomic E-state index is 0.238. The van der Waals surface area contributed by atoms with E-state index >= 15 is 0 Å². The van der Waals surface area contributed by atoms with Crippen LogP contribution < -0.4 is 5.32 Å². The molecule has 3 nitrogen and oxygen atoms in total. The molecule has 1 saturated heterocycles. The molecule has 1 N–H and O–H groups in total. The van der Waals surface area contributed by atoms with Crippen molar-refractivity contribution in [2.75, 3.05) is 13.6 Å². The maximum Gasteiger partial charge on any atom is 0.121 e. The normalized spacial score (nSPS) is 27.8. The van der Waals surface area contributed by atoms with Gasteiger partial charge in [-0.15, -0.1) is 11.3 Å². The highest BCUT2D eigenvalue weighted by Gasteiger charge is 2.24. The minimum Gasteiger partial charge on any atom is -0.366 e. The summed E-state index contributed by atoms with van der Waals surface area (Å²) in [7, 11) is 1.97. The van der Waals surface area contributed by atoms with Crippen molar-refractivity contribution in [1.29, 1.82) is 0 Å². The Kier molecular flexibility index (Phi) is 3.50. The first-order valence-electron chi connectivity index (χ1n) is 5.09. The molecule has 0 spiro atoms. The van der Waals surface area contributed by atoms with Gasteiger partial charge in [0.2, 0.25) is 0 Å². The number of hydrogen-bond donors (Lipinski definition) is 1. The van der Waals surface area contributed by atoms with Gasteiger partial charge >= 0.3 is 0 Å². The van der Waals surface area contributed by atoms with Crippen LogP contribution in [0.25, 0.3) is 0 Å². The lowest BCUT2D eigenvalue weighted by molar-refractivity contribution is -0.0492. The number of hydrogen-bond acceptors (Lipinski definition) is 4. The van der Waals surface area contributed by atoms with Crippen LogP contribution in [0.2, 0.25) is 0 Å². The average molecular weight is 212 g/mol. The van der Waals surface area contributed by atoms with Crippen molar-refractivity contribution >= 4 is 11.3 Å². The molecule has 0 aliphatic carbocycles. The molecule has 14 heavy (non-hydrogen) atoms. The summed E-state index contributed by atoms with van der Waals surface area (Å²) in [5, 5.41) is 6.31. The Morgan fingerprint density at radius 1 is 1.64 bits per heavy atom. The highest BCUT2D eigenvalue weighted by atomic mass is 32.1. The van der Waals surface area contributed by atoms with Crippen molar-refractivity contribution in [3.05, 3.63) is 16.6 Å². The van der Waals surface area contributed by atoms with Gasteiger partial charge in [0.15, 0.2) is 0 Å². The maximum atomic E-state index is 5.96. The Morgan fingerprint density at radius 2 is 2.57 bits per heavy atom. The summed E-state index contributed by atoms with van der Waals surface area (Å²) in [6, 6.07) is 0. The van der Waals surface area contributed by atoms with E-state index in [9.17, 15) is 0 Å². The molecule has 4 heteroatoms. The Bertz CT molecular complexity index is 261. The fraction of sp³-hybridized carbons (Fsp3) is 0.700. The Labute approximate surface area is 88.5 Å². The first-order chi connectivity index (χ1) is 6.90. The molecule has 1 aliphatic heterocycles. The van der Waals surface area contributed by atoms with Crippen LogP contribution >= 0.6 is 11.3 Å². The van der Waals surface area contributed by atoms with Crippen LogP contribution in [-0.4, -0.2) is 24.7 Å². The standard InChI is InChI=1S/C10H16N2OS/c1-11-7-8-3-2-4-9(13-8)10-12-5-6-14-10/h5-6,8-9,11H,2-4,7H2,1H3. The number of nitrogens with one attached hydrogen (secondary N) is 1. The van der Waals surface area contributed by atoms with Crippen LogP contribution in [0.3, 0.4) is 0 Å². The number of aromatic nitrogens is 1. The summed E-state index contributed by atoms with van der Waals surface area (Å²) in [6.45, 7) is 0.946. The third kappa shape index (κ3) is 2.32. The zero-order valence-electron chi connectivity index (χ0n) is 8.40. The van der Waals surface area contributed by atoms with E-state index in [0.29, 0.717) is 6.10 Å². The van der Waals surface area contributed by atoms with Crippen molar-refractivity contribution in [3.63, 3.8) is 0 Å². The molecule has 1 aromatic rings. The molecule has 0 saturated carbocycles. The van der Waals surface area contributed by atoms with E-state index in [4.69, 9.17) is 4.74 Å². The zero-order valence-corrected chi connectivity index (χ0v) is 9.22. The second-order valence-corrected chi connectivity index (χ2v) is 4.53. The first-order valence-corrected chi connectivity index (χ1v) is 5.97. The van der Waals surface area contributed by atoms with Crippen LogP contribution in [0.4, 0.5) is 0 Å². The fourth-order valence-corrected chi connectivity index (χ4v) is 2.56. The monoisotopic (exact) mass is 212 g/mol. The second kappa shape index (κ2) is 4.87. The highest BCUT2D eigenvalue weighted by Crippen LogP contribution is 2.31. The predicted molar refractivity (Wildman–Crippen MR) is 57.5 cm³/mol. The van der Waals surface area contributed by atoms with Gasteiger partial charge in [-0.05, 0) is 26.3 Å². The van der Waals surface area contributed by atoms with Crippen LogP contribution in [-0.2, 0) is 4.74 Å². The summed E-state index contributed by atoms with van der Waals surface area (Å²) in [5.41, 5.74) is 0. The van der Waals surface area contributed by atoms with Crippen molar-refractivity contribution in [2.24, 2.45) is 0 Å². The molecule has 0 bridgehead atoms.